The number of nitrogens with one attached hydrogen (secondary N) is 2. The molecule has 182 valence electrons. The van der Waals surface area contributed by atoms with Crippen LogP contribution < -0.4 is 22.1 Å². The van der Waals surface area contributed by atoms with E-state index >= 15 is 0 Å². The summed E-state index contributed by atoms with van der Waals surface area (Å²) in [5, 5.41) is 24.4. The predicted octanol–water partition coefficient (Wildman–Crippen LogP) is -1.95. The smallest absolute Gasteiger partial charge is 0.326 e. The molecule has 0 aromatic rings. The molecule has 0 aromatic heterocycles. The maximum absolute atomic E-state index is 12.9. The molecule has 4 amide bonds. The number of aliphatic hydroxyl groups is 1. The molecule has 1 heterocycles. The number of aliphatic carboxylic acids is 1. The number of carbonyl (C=O) groups excluding carboxylic acids is 4. The molecule has 0 bridgehead atoms. The molecule has 0 aromatic carbocycles. The van der Waals surface area contributed by atoms with E-state index in [1.807, 2.05) is 13.8 Å². The van der Waals surface area contributed by atoms with Crippen LogP contribution in [0.25, 0.3) is 0 Å². The lowest BCUT2D eigenvalue weighted by Crippen LogP contribution is -2.60. The molecule has 12 nitrogen and oxygen atoms in total. The van der Waals surface area contributed by atoms with Crippen molar-refractivity contribution < 1.29 is 34.2 Å². The van der Waals surface area contributed by atoms with Crippen LogP contribution in [-0.2, 0) is 24.0 Å². The molecule has 1 rings (SSSR count). The number of primary amides is 1. The first-order chi connectivity index (χ1) is 14.8. The van der Waals surface area contributed by atoms with E-state index in [2.05, 4.69) is 10.6 Å². The Balaban J connectivity index is 2.93. The second-order valence-electron chi connectivity index (χ2n) is 8.56. The molecule has 1 aliphatic heterocycles. The number of nitrogens with zero attached hydrogens (tertiary/aromatic N) is 1. The van der Waals surface area contributed by atoms with Crippen molar-refractivity contribution in [3.63, 3.8) is 0 Å². The van der Waals surface area contributed by atoms with Gasteiger partial charge >= 0.3 is 5.97 Å². The Kier molecular flexibility index (Phi) is 10.5. The fourth-order valence-electron chi connectivity index (χ4n) is 3.52. The zero-order valence-electron chi connectivity index (χ0n) is 18.7. The number of carboxylic acids is 1. The lowest BCUT2D eigenvalue weighted by Gasteiger charge is -2.30. The van der Waals surface area contributed by atoms with Gasteiger partial charge in [0.25, 0.3) is 0 Å². The van der Waals surface area contributed by atoms with Gasteiger partial charge < -0.3 is 37.2 Å². The summed E-state index contributed by atoms with van der Waals surface area (Å²) in [5.74, 6) is -3.84. The largest absolute Gasteiger partial charge is 0.480 e. The number of carboxylic acid groups (broad SMARTS) is 1. The third-order valence-corrected chi connectivity index (χ3v) is 5.25. The third-order valence-electron chi connectivity index (χ3n) is 5.25. The van der Waals surface area contributed by atoms with Gasteiger partial charge in [-0.25, -0.2) is 4.79 Å². The van der Waals surface area contributed by atoms with Gasteiger partial charge in [-0.1, -0.05) is 13.8 Å². The number of hydrogen-bond donors (Lipinski definition) is 6. The lowest BCUT2D eigenvalue weighted by atomic mass is 10.0. The molecule has 12 heteroatoms. The van der Waals surface area contributed by atoms with E-state index in [9.17, 15) is 34.2 Å². The number of hydrogen-bond acceptors (Lipinski definition) is 7. The van der Waals surface area contributed by atoms with Crippen molar-refractivity contribution in [2.45, 2.75) is 83.1 Å². The minimum Gasteiger partial charge on any atom is -0.480 e. The van der Waals surface area contributed by atoms with Crippen LogP contribution in [0.3, 0.4) is 0 Å². The first-order valence-electron chi connectivity index (χ1n) is 10.7. The van der Waals surface area contributed by atoms with Gasteiger partial charge in [0.1, 0.15) is 18.1 Å². The predicted molar refractivity (Wildman–Crippen MR) is 114 cm³/mol. The van der Waals surface area contributed by atoms with E-state index in [4.69, 9.17) is 11.5 Å². The molecule has 1 saturated heterocycles. The highest BCUT2D eigenvalue weighted by atomic mass is 16.4. The number of amides is 4. The second-order valence-corrected chi connectivity index (χ2v) is 8.56. The Morgan fingerprint density at radius 1 is 1.09 bits per heavy atom. The SMILES string of the molecule is CC(C)CC(NC(=O)C(N)CCC(N)=O)C(=O)NC(C(=O)N1CCCC1C(=O)O)C(C)O. The highest BCUT2D eigenvalue weighted by molar-refractivity contribution is 5.94. The normalized spacial score (nSPS) is 19.7. The van der Waals surface area contributed by atoms with Gasteiger partial charge in [0, 0.05) is 13.0 Å². The molecule has 0 aliphatic carbocycles. The van der Waals surface area contributed by atoms with Gasteiger partial charge in [-0.2, -0.15) is 0 Å². The Morgan fingerprint density at radius 3 is 2.22 bits per heavy atom. The molecule has 32 heavy (non-hydrogen) atoms. The van der Waals surface area contributed by atoms with Crippen LogP contribution in [0.2, 0.25) is 0 Å². The van der Waals surface area contributed by atoms with E-state index in [1.54, 1.807) is 0 Å². The van der Waals surface area contributed by atoms with Crippen LogP contribution in [0.5, 0.6) is 0 Å². The van der Waals surface area contributed by atoms with Crippen molar-refractivity contribution in [1.82, 2.24) is 15.5 Å². The lowest BCUT2D eigenvalue weighted by molar-refractivity contribution is -0.150. The highest BCUT2D eigenvalue weighted by Crippen LogP contribution is 2.19. The number of carbonyl (C=O) groups is 5. The van der Waals surface area contributed by atoms with Crippen LogP contribution >= 0.6 is 0 Å². The van der Waals surface area contributed by atoms with Crippen molar-refractivity contribution >= 4 is 29.6 Å². The first kappa shape index (κ1) is 27.3. The van der Waals surface area contributed by atoms with Crippen LogP contribution in [0.15, 0.2) is 0 Å². The molecule has 0 spiro atoms. The summed E-state index contributed by atoms with van der Waals surface area (Å²) in [6.45, 7) is 5.18. The molecular formula is C20H35N5O7. The number of rotatable bonds is 12. The topological polar surface area (TPSA) is 205 Å². The van der Waals surface area contributed by atoms with E-state index in [0.717, 1.165) is 4.90 Å². The van der Waals surface area contributed by atoms with Crippen molar-refractivity contribution in [3.05, 3.63) is 0 Å². The molecule has 1 aliphatic rings. The van der Waals surface area contributed by atoms with Gasteiger partial charge in [0.2, 0.25) is 23.6 Å². The summed E-state index contributed by atoms with van der Waals surface area (Å²) in [5.41, 5.74) is 10.8. The quantitative estimate of drug-likeness (QED) is 0.194. The van der Waals surface area contributed by atoms with Gasteiger partial charge in [0.15, 0.2) is 0 Å². The van der Waals surface area contributed by atoms with Crippen molar-refractivity contribution in [2.75, 3.05) is 6.54 Å². The minimum absolute atomic E-state index is 0.0106. The average molecular weight is 458 g/mol. The molecule has 8 N–H and O–H groups in total. The van der Waals surface area contributed by atoms with E-state index in [0.29, 0.717) is 6.42 Å². The summed E-state index contributed by atoms with van der Waals surface area (Å²) >= 11 is 0. The third kappa shape index (κ3) is 8.08. The van der Waals surface area contributed by atoms with Crippen molar-refractivity contribution in [3.8, 4) is 0 Å². The maximum atomic E-state index is 12.9. The summed E-state index contributed by atoms with van der Waals surface area (Å²) in [6.07, 6.45) is -0.362. The summed E-state index contributed by atoms with van der Waals surface area (Å²) < 4.78 is 0. The Morgan fingerprint density at radius 2 is 1.72 bits per heavy atom. The molecule has 5 unspecified atom stereocenters. The first-order valence-corrected chi connectivity index (χ1v) is 10.7. The fraction of sp³-hybridized carbons (Fsp3) is 0.750. The van der Waals surface area contributed by atoms with Crippen molar-refractivity contribution in [2.24, 2.45) is 17.4 Å². The Labute approximate surface area is 187 Å². The highest BCUT2D eigenvalue weighted by Gasteiger charge is 2.40. The molecule has 0 radical (unpaired) electrons. The van der Waals surface area contributed by atoms with Gasteiger partial charge in [0.05, 0.1) is 12.1 Å². The fourth-order valence-corrected chi connectivity index (χ4v) is 3.52. The number of likely N-dealkylation sites (tertiary alicyclic amines) is 1. The maximum Gasteiger partial charge on any atom is 0.326 e. The minimum atomic E-state index is -1.38. The molecule has 1 fully saturated rings. The van der Waals surface area contributed by atoms with Crippen LogP contribution in [0.1, 0.15) is 52.9 Å². The summed E-state index contributed by atoms with van der Waals surface area (Å²) in [4.78, 5) is 61.6. The van der Waals surface area contributed by atoms with Crippen molar-refractivity contribution in [1.29, 1.82) is 0 Å². The Bertz CT molecular complexity index is 712. The standard InChI is InChI=1S/C20H35N5O7/c1-10(2)9-13(23-17(28)12(21)6-7-15(22)27)18(29)24-16(11(3)26)19(30)25-8-4-5-14(25)20(31)32/h10-14,16,26H,4-9,21H2,1-3H3,(H2,22,27)(H,23,28)(H,24,29)(H,31,32). The zero-order chi connectivity index (χ0) is 24.6. The Hall–Kier alpha value is -2.73. The monoisotopic (exact) mass is 457 g/mol. The molecule has 5 atom stereocenters. The zero-order valence-corrected chi connectivity index (χ0v) is 18.7. The van der Waals surface area contributed by atoms with E-state index < -0.39 is 59.9 Å². The van der Waals surface area contributed by atoms with Crippen LogP contribution in [-0.4, -0.2) is 81.5 Å². The average Bonchev–Trinajstić information content (AvgIpc) is 3.18. The van der Waals surface area contributed by atoms with Crippen LogP contribution in [0, 0.1) is 5.92 Å². The number of aliphatic hydroxyl groups excluding tert-OH is 1. The van der Waals surface area contributed by atoms with Gasteiger partial charge in [-0.15, -0.1) is 0 Å². The van der Waals surface area contributed by atoms with Crippen LogP contribution in [0.4, 0.5) is 0 Å². The van der Waals surface area contributed by atoms with E-state index in [-0.39, 0.29) is 38.1 Å². The molecular weight excluding hydrogens is 422 g/mol. The van der Waals surface area contributed by atoms with Gasteiger partial charge in [-0.3, -0.25) is 19.2 Å². The second kappa shape index (κ2) is 12.3. The number of nitrogens with two attached hydrogens (primary N) is 2. The van der Waals surface area contributed by atoms with Gasteiger partial charge in [-0.05, 0) is 38.5 Å². The summed E-state index contributed by atoms with van der Waals surface area (Å²) in [7, 11) is 0. The summed E-state index contributed by atoms with van der Waals surface area (Å²) in [6, 6.07) is -4.50. The van der Waals surface area contributed by atoms with E-state index in [1.165, 1.54) is 6.92 Å². The molecule has 0 saturated carbocycles.